The molecule has 0 aliphatic carbocycles. The Balaban J connectivity index is 2.77. The molecule has 1 saturated heterocycles. The summed E-state index contributed by atoms with van der Waals surface area (Å²) in [6.07, 6.45) is 2.85. The van der Waals surface area contributed by atoms with Crippen LogP contribution >= 0.6 is 0 Å². The van der Waals surface area contributed by atoms with Crippen LogP contribution in [0.4, 0.5) is 0 Å². The van der Waals surface area contributed by atoms with Crippen LogP contribution in [0.3, 0.4) is 0 Å². The van der Waals surface area contributed by atoms with Crippen LogP contribution in [0.15, 0.2) is 0 Å². The minimum Gasteiger partial charge on any atom is -0.296 e. The maximum absolute atomic E-state index is 11.5. The molecule has 1 fully saturated rings. The number of nitrogens with one attached hydrogen (secondary N) is 1. The zero-order valence-electron chi connectivity index (χ0n) is 7.64. The Morgan fingerprint density at radius 1 is 1.33 bits per heavy atom. The normalized spacial score (nSPS) is 22.2. The van der Waals surface area contributed by atoms with Crippen molar-refractivity contribution in [3.63, 3.8) is 0 Å². The zero-order chi connectivity index (χ0) is 9.19. The third-order valence-corrected chi connectivity index (χ3v) is 2.92. The molecular formula is C9H15NO2. The lowest BCUT2D eigenvalue weighted by molar-refractivity contribution is -0.142. The lowest BCUT2D eigenvalue weighted by atomic mass is 9.75. The Morgan fingerprint density at radius 2 is 1.92 bits per heavy atom. The summed E-state index contributed by atoms with van der Waals surface area (Å²) in [5, 5.41) is 2.39. The third kappa shape index (κ3) is 1.36. The first-order valence-electron chi connectivity index (χ1n) is 4.49. The molecule has 1 aliphatic rings. The molecule has 1 heterocycles. The highest BCUT2D eigenvalue weighted by Crippen LogP contribution is 2.34. The lowest BCUT2D eigenvalue weighted by Gasteiger charge is -2.33. The molecule has 0 aromatic heterocycles. The second kappa shape index (κ2) is 3.25. The number of hydrogen-bond donors (Lipinski definition) is 1. The first-order chi connectivity index (χ1) is 5.64. The van der Waals surface area contributed by atoms with Gasteiger partial charge in [-0.1, -0.05) is 13.8 Å². The number of piperidine rings is 1. The largest absolute Gasteiger partial charge is 0.296 e. The number of carbonyl (C=O) groups excluding carboxylic acids is 2. The summed E-state index contributed by atoms with van der Waals surface area (Å²) in [5.74, 6) is -0.207. The first kappa shape index (κ1) is 9.23. The molecule has 0 aromatic rings. The SMILES string of the molecule is CCC1(CC)CCC(=O)NC1=O. The maximum Gasteiger partial charge on any atom is 0.232 e. The summed E-state index contributed by atoms with van der Waals surface area (Å²) in [6.45, 7) is 4.00. The number of amides is 2. The molecule has 12 heavy (non-hydrogen) atoms. The van der Waals surface area contributed by atoms with Crippen LogP contribution in [0, 0.1) is 5.41 Å². The van der Waals surface area contributed by atoms with Crippen molar-refractivity contribution >= 4 is 11.8 Å². The van der Waals surface area contributed by atoms with Gasteiger partial charge in [0.15, 0.2) is 0 Å². The molecule has 0 spiro atoms. The van der Waals surface area contributed by atoms with E-state index >= 15 is 0 Å². The van der Waals surface area contributed by atoms with Gasteiger partial charge in [0.25, 0.3) is 0 Å². The molecule has 0 aromatic carbocycles. The van der Waals surface area contributed by atoms with Crippen LogP contribution in [0.1, 0.15) is 39.5 Å². The molecule has 2 amide bonds. The van der Waals surface area contributed by atoms with Crippen molar-refractivity contribution < 1.29 is 9.59 Å². The fourth-order valence-electron chi connectivity index (χ4n) is 1.71. The molecule has 0 radical (unpaired) electrons. The highest BCUT2D eigenvalue weighted by atomic mass is 16.2. The summed E-state index contributed by atoms with van der Waals surface area (Å²) in [4.78, 5) is 22.3. The lowest BCUT2D eigenvalue weighted by Crippen LogP contribution is -2.48. The molecule has 1 N–H and O–H groups in total. The number of rotatable bonds is 2. The van der Waals surface area contributed by atoms with Crippen molar-refractivity contribution in [1.82, 2.24) is 5.32 Å². The Kier molecular flexibility index (Phi) is 2.50. The van der Waals surface area contributed by atoms with Gasteiger partial charge in [-0.25, -0.2) is 0 Å². The fourth-order valence-corrected chi connectivity index (χ4v) is 1.71. The molecule has 68 valence electrons. The Labute approximate surface area is 72.5 Å². The highest BCUT2D eigenvalue weighted by Gasteiger charge is 2.39. The average Bonchev–Trinajstić information content (AvgIpc) is 2.06. The molecule has 1 aliphatic heterocycles. The van der Waals surface area contributed by atoms with E-state index in [1.165, 1.54) is 0 Å². The van der Waals surface area contributed by atoms with E-state index in [9.17, 15) is 9.59 Å². The van der Waals surface area contributed by atoms with Crippen LogP contribution in [0.25, 0.3) is 0 Å². The minimum atomic E-state index is -0.270. The molecule has 3 nitrogen and oxygen atoms in total. The van der Waals surface area contributed by atoms with Gasteiger partial charge in [-0.2, -0.15) is 0 Å². The number of imide groups is 1. The van der Waals surface area contributed by atoms with Gasteiger partial charge in [0.05, 0.1) is 0 Å². The van der Waals surface area contributed by atoms with E-state index in [1.807, 2.05) is 13.8 Å². The summed E-state index contributed by atoms with van der Waals surface area (Å²) < 4.78 is 0. The highest BCUT2D eigenvalue weighted by molar-refractivity contribution is 6.00. The van der Waals surface area contributed by atoms with Gasteiger partial charge < -0.3 is 0 Å². The van der Waals surface area contributed by atoms with Crippen LogP contribution < -0.4 is 5.32 Å². The van der Waals surface area contributed by atoms with Crippen LogP contribution in [0.5, 0.6) is 0 Å². The van der Waals surface area contributed by atoms with E-state index < -0.39 is 0 Å². The van der Waals surface area contributed by atoms with E-state index in [0.29, 0.717) is 12.8 Å². The van der Waals surface area contributed by atoms with Gasteiger partial charge in [-0.3, -0.25) is 14.9 Å². The standard InChI is InChI=1S/C9H15NO2/c1-3-9(4-2)6-5-7(11)10-8(9)12/h3-6H2,1-2H3,(H,10,11,12). The molecule has 0 bridgehead atoms. The van der Waals surface area contributed by atoms with Gasteiger partial charge >= 0.3 is 0 Å². The summed E-state index contributed by atoms with van der Waals surface area (Å²) in [5.41, 5.74) is -0.270. The van der Waals surface area contributed by atoms with Crippen LogP contribution in [0.2, 0.25) is 0 Å². The van der Waals surface area contributed by atoms with Crippen molar-refractivity contribution in [1.29, 1.82) is 0 Å². The summed E-state index contributed by atoms with van der Waals surface area (Å²) >= 11 is 0. The van der Waals surface area contributed by atoms with Gasteiger partial charge in [0.2, 0.25) is 11.8 Å². The quantitative estimate of drug-likeness (QED) is 0.632. The molecule has 1 rings (SSSR count). The summed E-state index contributed by atoms with van der Waals surface area (Å²) in [6, 6.07) is 0. The molecule has 0 atom stereocenters. The molecule has 0 unspecified atom stereocenters. The number of carbonyl (C=O) groups is 2. The maximum atomic E-state index is 11.5. The predicted molar refractivity (Wildman–Crippen MR) is 45.4 cm³/mol. The van der Waals surface area contributed by atoms with Gasteiger partial charge in [0, 0.05) is 11.8 Å². The monoisotopic (exact) mass is 169 g/mol. The minimum absolute atomic E-state index is 0.0799. The Bertz CT molecular complexity index is 207. The van der Waals surface area contributed by atoms with E-state index in [-0.39, 0.29) is 17.2 Å². The second-order valence-corrected chi connectivity index (χ2v) is 3.36. The first-order valence-corrected chi connectivity index (χ1v) is 4.49. The van der Waals surface area contributed by atoms with Crippen molar-refractivity contribution in [2.24, 2.45) is 5.41 Å². The van der Waals surface area contributed by atoms with Crippen molar-refractivity contribution in [2.45, 2.75) is 39.5 Å². The predicted octanol–water partition coefficient (Wildman–Crippen LogP) is 1.23. The van der Waals surface area contributed by atoms with E-state index in [1.54, 1.807) is 0 Å². The third-order valence-electron chi connectivity index (χ3n) is 2.92. The smallest absolute Gasteiger partial charge is 0.232 e. The van der Waals surface area contributed by atoms with Crippen molar-refractivity contribution in [2.75, 3.05) is 0 Å². The van der Waals surface area contributed by atoms with Gasteiger partial charge in [-0.15, -0.1) is 0 Å². The van der Waals surface area contributed by atoms with Crippen molar-refractivity contribution in [3.8, 4) is 0 Å². The summed E-state index contributed by atoms with van der Waals surface area (Å²) in [7, 11) is 0. The van der Waals surface area contributed by atoms with Crippen LogP contribution in [-0.4, -0.2) is 11.8 Å². The average molecular weight is 169 g/mol. The number of hydrogen-bond acceptors (Lipinski definition) is 2. The zero-order valence-corrected chi connectivity index (χ0v) is 7.64. The molecule has 3 heteroatoms. The van der Waals surface area contributed by atoms with Gasteiger partial charge in [-0.05, 0) is 19.3 Å². The Hall–Kier alpha value is -0.860. The Morgan fingerprint density at radius 3 is 2.33 bits per heavy atom. The van der Waals surface area contributed by atoms with Crippen molar-refractivity contribution in [3.05, 3.63) is 0 Å². The molecule has 0 saturated carbocycles. The van der Waals surface area contributed by atoms with E-state index in [0.717, 1.165) is 12.8 Å². The molecular weight excluding hydrogens is 154 g/mol. The van der Waals surface area contributed by atoms with E-state index in [4.69, 9.17) is 0 Å². The second-order valence-electron chi connectivity index (χ2n) is 3.36. The fraction of sp³-hybridized carbons (Fsp3) is 0.778. The van der Waals surface area contributed by atoms with Crippen LogP contribution in [-0.2, 0) is 9.59 Å². The topological polar surface area (TPSA) is 46.2 Å². The van der Waals surface area contributed by atoms with E-state index in [2.05, 4.69) is 5.32 Å². The van der Waals surface area contributed by atoms with Gasteiger partial charge in [0.1, 0.15) is 0 Å².